The van der Waals surface area contributed by atoms with E-state index in [4.69, 9.17) is 16.0 Å². The maximum Gasteiger partial charge on any atom is 0.254 e. The standard InChI is InChI=1S/C22H21ClN2O3S/c23-15-9-7-14(8-10-15)12-19(26)25-22-20(17-5-1-2-6-18(17)29-22)21(27)24-13-16-4-3-11-28-16/h3-4,7-11H,1-2,5-6,12-13H2,(H,24,27)(H,25,26). The van der Waals surface area contributed by atoms with Gasteiger partial charge >= 0.3 is 0 Å². The molecule has 0 radical (unpaired) electrons. The third kappa shape index (κ3) is 4.71. The number of fused-ring (bicyclic) bond motifs is 1. The van der Waals surface area contributed by atoms with E-state index in [0.29, 0.717) is 27.9 Å². The lowest BCUT2D eigenvalue weighted by Gasteiger charge is -2.13. The molecule has 0 bridgehead atoms. The first-order chi connectivity index (χ1) is 14.1. The van der Waals surface area contributed by atoms with Gasteiger partial charge in [-0.05, 0) is 61.1 Å². The van der Waals surface area contributed by atoms with Gasteiger partial charge in [0, 0.05) is 9.90 Å². The molecule has 7 heteroatoms. The van der Waals surface area contributed by atoms with Crippen molar-refractivity contribution in [3.05, 3.63) is 75.0 Å². The second kappa shape index (κ2) is 8.84. The fourth-order valence-electron chi connectivity index (χ4n) is 3.52. The molecule has 2 aromatic heterocycles. The monoisotopic (exact) mass is 428 g/mol. The lowest BCUT2D eigenvalue weighted by molar-refractivity contribution is -0.115. The number of halogens is 1. The summed E-state index contributed by atoms with van der Waals surface area (Å²) in [5, 5.41) is 7.15. The van der Waals surface area contributed by atoms with Crippen LogP contribution in [0.3, 0.4) is 0 Å². The van der Waals surface area contributed by atoms with E-state index in [1.807, 2.05) is 18.2 Å². The molecule has 0 aliphatic heterocycles. The average molecular weight is 429 g/mol. The molecule has 0 unspecified atom stereocenters. The maximum absolute atomic E-state index is 13.0. The van der Waals surface area contributed by atoms with Gasteiger partial charge in [0.2, 0.25) is 5.91 Å². The normalized spacial score (nSPS) is 13.0. The molecule has 0 spiro atoms. The topological polar surface area (TPSA) is 71.3 Å². The second-order valence-corrected chi connectivity index (χ2v) is 8.57. The van der Waals surface area contributed by atoms with Crippen LogP contribution >= 0.6 is 22.9 Å². The van der Waals surface area contributed by atoms with Crippen molar-refractivity contribution < 1.29 is 14.0 Å². The van der Waals surface area contributed by atoms with E-state index >= 15 is 0 Å². The van der Waals surface area contributed by atoms with Gasteiger partial charge in [0.1, 0.15) is 10.8 Å². The summed E-state index contributed by atoms with van der Waals surface area (Å²) < 4.78 is 5.29. The highest BCUT2D eigenvalue weighted by molar-refractivity contribution is 7.17. The van der Waals surface area contributed by atoms with Crippen LogP contribution in [0.2, 0.25) is 5.02 Å². The van der Waals surface area contributed by atoms with Gasteiger partial charge < -0.3 is 15.1 Å². The zero-order valence-corrected chi connectivity index (χ0v) is 17.4. The van der Waals surface area contributed by atoms with Crippen LogP contribution in [-0.4, -0.2) is 11.8 Å². The highest BCUT2D eigenvalue weighted by Crippen LogP contribution is 2.38. The fraction of sp³-hybridized carbons (Fsp3) is 0.273. The van der Waals surface area contributed by atoms with Crippen molar-refractivity contribution >= 4 is 39.8 Å². The molecule has 1 aromatic carbocycles. The molecule has 2 amide bonds. The Kier molecular flexibility index (Phi) is 6.02. The SMILES string of the molecule is O=C(Cc1ccc(Cl)cc1)Nc1sc2c(c1C(=O)NCc1ccco1)CCCC2. The predicted octanol–water partition coefficient (Wildman–Crippen LogP) is 4.98. The first-order valence-corrected chi connectivity index (χ1v) is 10.8. The molecule has 0 saturated carbocycles. The van der Waals surface area contributed by atoms with E-state index in [0.717, 1.165) is 36.8 Å². The number of carbonyl (C=O) groups is 2. The number of thiophene rings is 1. The smallest absolute Gasteiger partial charge is 0.254 e. The van der Waals surface area contributed by atoms with Crippen LogP contribution in [0.25, 0.3) is 0 Å². The minimum atomic E-state index is -0.178. The lowest BCUT2D eigenvalue weighted by Crippen LogP contribution is -2.25. The first-order valence-electron chi connectivity index (χ1n) is 9.59. The first kappa shape index (κ1) is 19.7. The van der Waals surface area contributed by atoms with E-state index in [-0.39, 0.29) is 18.2 Å². The Morgan fingerprint density at radius 1 is 1.10 bits per heavy atom. The van der Waals surface area contributed by atoms with Gasteiger partial charge in [-0.2, -0.15) is 0 Å². The molecule has 5 nitrogen and oxygen atoms in total. The van der Waals surface area contributed by atoms with Gasteiger partial charge in [-0.3, -0.25) is 9.59 Å². The minimum Gasteiger partial charge on any atom is -0.467 e. The van der Waals surface area contributed by atoms with Crippen LogP contribution in [-0.2, 0) is 30.6 Å². The second-order valence-electron chi connectivity index (χ2n) is 7.03. The lowest BCUT2D eigenvalue weighted by atomic mass is 9.95. The van der Waals surface area contributed by atoms with Gasteiger partial charge in [0.05, 0.1) is 24.8 Å². The van der Waals surface area contributed by atoms with E-state index in [9.17, 15) is 9.59 Å². The summed E-state index contributed by atoms with van der Waals surface area (Å²) in [5.74, 6) is 0.365. The molecule has 2 N–H and O–H groups in total. The quantitative estimate of drug-likeness (QED) is 0.581. The summed E-state index contributed by atoms with van der Waals surface area (Å²) in [6.07, 6.45) is 5.79. The van der Waals surface area contributed by atoms with Crippen molar-refractivity contribution in [3.8, 4) is 0 Å². The summed E-state index contributed by atoms with van der Waals surface area (Å²) in [5.41, 5.74) is 2.54. The van der Waals surface area contributed by atoms with Crippen molar-refractivity contribution in [3.63, 3.8) is 0 Å². The number of carbonyl (C=O) groups excluding carboxylic acids is 2. The number of hydrogen-bond acceptors (Lipinski definition) is 4. The van der Waals surface area contributed by atoms with E-state index in [1.54, 1.807) is 24.5 Å². The maximum atomic E-state index is 13.0. The van der Waals surface area contributed by atoms with Crippen molar-refractivity contribution in [1.29, 1.82) is 0 Å². The van der Waals surface area contributed by atoms with Crippen LogP contribution < -0.4 is 10.6 Å². The zero-order valence-electron chi connectivity index (χ0n) is 15.8. The molecular weight excluding hydrogens is 408 g/mol. The third-order valence-electron chi connectivity index (χ3n) is 4.93. The number of anilines is 1. The molecule has 150 valence electrons. The number of benzene rings is 1. The molecule has 29 heavy (non-hydrogen) atoms. The Labute approximate surface area is 178 Å². The Morgan fingerprint density at radius 3 is 2.66 bits per heavy atom. The Balaban J connectivity index is 1.52. The molecule has 4 rings (SSSR count). The van der Waals surface area contributed by atoms with Gasteiger partial charge in [0.15, 0.2) is 0 Å². The summed E-state index contributed by atoms with van der Waals surface area (Å²) >= 11 is 7.43. The van der Waals surface area contributed by atoms with Gasteiger partial charge in [-0.25, -0.2) is 0 Å². The Morgan fingerprint density at radius 2 is 1.90 bits per heavy atom. The van der Waals surface area contributed by atoms with Crippen molar-refractivity contribution in [2.75, 3.05) is 5.32 Å². The number of amides is 2. The largest absolute Gasteiger partial charge is 0.467 e. The van der Waals surface area contributed by atoms with E-state index < -0.39 is 0 Å². The van der Waals surface area contributed by atoms with Crippen LogP contribution in [0.4, 0.5) is 5.00 Å². The highest BCUT2D eigenvalue weighted by Gasteiger charge is 2.26. The number of rotatable bonds is 6. The highest BCUT2D eigenvalue weighted by atomic mass is 35.5. The van der Waals surface area contributed by atoms with E-state index in [1.165, 1.54) is 16.2 Å². The van der Waals surface area contributed by atoms with E-state index in [2.05, 4.69) is 10.6 Å². The van der Waals surface area contributed by atoms with Crippen molar-refractivity contribution in [2.45, 2.75) is 38.6 Å². The van der Waals surface area contributed by atoms with Crippen LogP contribution in [0.5, 0.6) is 0 Å². The molecule has 0 atom stereocenters. The number of hydrogen-bond donors (Lipinski definition) is 2. The molecule has 1 aliphatic carbocycles. The van der Waals surface area contributed by atoms with Crippen molar-refractivity contribution in [1.82, 2.24) is 5.32 Å². The molecule has 3 aromatic rings. The molecule has 2 heterocycles. The van der Waals surface area contributed by atoms with Crippen LogP contribution in [0.15, 0.2) is 47.1 Å². The Hall–Kier alpha value is -2.57. The van der Waals surface area contributed by atoms with Crippen molar-refractivity contribution in [2.24, 2.45) is 0 Å². The fourth-order valence-corrected chi connectivity index (χ4v) is 4.95. The molecule has 0 fully saturated rings. The van der Waals surface area contributed by atoms with Crippen LogP contribution in [0.1, 0.15) is 45.0 Å². The summed E-state index contributed by atoms with van der Waals surface area (Å²) in [4.78, 5) is 26.8. The predicted molar refractivity (Wildman–Crippen MR) is 115 cm³/mol. The molecular formula is C22H21ClN2O3S. The summed E-state index contributed by atoms with van der Waals surface area (Å²) in [7, 11) is 0. The molecule has 0 saturated heterocycles. The zero-order chi connectivity index (χ0) is 20.2. The van der Waals surface area contributed by atoms with Gasteiger partial charge in [-0.1, -0.05) is 23.7 Å². The van der Waals surface area contributed by atoms with Gasteiger partial charge in [-0.15, -0.1) is 11.3 Å². The minimum absolute atomic E-state index is 0.147. The Bertz CT molecular complexity index is 1010. The average Bonchev–Trinajstić information content (AvgIpc) is 3.35. The summed E-state index contributed by atoms with van der Waals surface area (Å²) in [6, 6.07) is 10.8. The third-order valence-corrected chi connectivity index (χ3v) is 6.39. The molecule has 1 aliphatic rings. The number of nitrogens with one attached hydrogen (secondary N) is 2. The summed E-state index contributed by atoms with van der Waals surface area (Å²) in [6.45, 7) is 0.314. The number of furan rings is 1. The van der Waals surface area contributed by atoms with Gasteiger partial charge in [0.25, 0.3) is 5.91 Å². The number of aryl methyl sites for hydroxylation is 1. The van der Waals surface area contributed by atoms with Crippen LogP contribution in [0, 0.1) is 0 Å².